The van der Waals surface area contributed by atoms with E-state index < -0.39 is 17.9 Å². The van der Waals surface area contributed by atoms with Crippen LogP contribution in [0.2, 0.25) is 0 Å². The van der Waals surface area contributed by atoms with Crippen LogP contribution in [0, 0.1) is 5.92 Å². The minimum absolute atomic E-state index is 0.0721. The van der Waals surface area contributed by atoms with Crippen LogP contribution >= 0.6 is 0 Å². The summed E-state index contributed by atoms with van der Waals surface area (Å²) < 4.78 is 25.0. The standard InChI is InChI=1S/C10H18F2N2O2/c1-7(8(15)4-9(13)16)2-3-14-5-10(11,12)6-14/h7-8,15H,2-6H2,1H3,(H2,13,16)/t7-,8+/m1/s1. The second-order valence-electron chi connectivity index (χ2n) is 4.57. The van der Waals surface area contributed by atoms with Crippen LogP contribution in [-0.2, 0) is 4.79 Å². The zero-order valence-electron chi connectivity index (χ0n) is 9.33. The van der Waals surface area contributed by atoms with Crippen LogP contribution in [0.15, 0.2) is 0 Å². The van der Waals surface area contributed by atoms with E-state index in [-0.39, 0.29) is 25.4 Å². The first-order valence-corrected chi connectivity index (χ1v) is 5.37. The summed E-state index contributed by atoms with van der Waals surface area (Å²) >= 11 is 0. The maximum absolute atomic E-state index is 12.5. The number of halogens is 2. The Kier molecular flexibility index (Phi) is 4.21. The molecule has 4 nitrogen and oxygen atoms in total. The van der Waals surface area contributed by atoms with Crippen molar-refractivity contribution in [2.75, 3.05) is 19.6 Å². The number of hydrogen-bond acceptors (Lipinski definition) is 3. The first-order valence-electron chi connectivity index (χ1n) is 5.37. The lowest BCUT2D eigenvalue weighted by Crippen LogP contribution is -2.56. The number of aliphatic hydroxyl groups excluding tert-OH is 1. The molecule has 0 bridgehead atoms. The van der Waals surface area contributed by atoms with Crippen LogP contribution in [0.3, 0.4) is 0 Å². The Morgan fingerprint density at radius 1 is 1.56 bits per heavy atom. The van der Waals surface area contributed by atoms with Gasteiger partial charge in [-0.1, -0.05) is 6.92 Å². The molecule has 6 heteroatoms. The summed E-state index contributed by atoms with van der Waals surface area (Å²) in [7, 11) is 0. The molecule has 1 saturated heterocycles. The molecule has 0 spiro atoms. The number of nitrogens with two attached hydrogens (primary N) is 1. The smallest absolute Gasteiger partial charge is 0.272 e. The third-order valence-electron chi connectivity index (χ3n) is 2.88. The molecule has 0 saturated carbocycles. The predicted molar refractivity (Wildman–Crippen MR) is 55.0 cm³/mol. The van der Waals surface area contributed by atoms with Gasteiger partial charge in [-0.05, 0) is 18.9 Å². The second kappa shape index (κ2) is 5.05. The van der Waals surface area contributed by atoms with Crippen molar-refractivity contribution in [1.82, 2.24) is 4.90 Å². The Morgan fingerprint density at radius 2 is 2.12 bits per heavy atom. The first-order chi connectivity index (χ1) is 7.30. The molecule has 94 valence electrons. The molecule has 1 amide bonds. The summed E-state index contributed by atoms with van der Waals surface area (Å²) in [4.78, 5) is 12.2. The van der Waals surface area contributed by atoms with Gasteiger partial charge in [-0.2, -0.15) is 0 Å². The van der Waals surface area contributed by atoms with Gasteiger partial charge >= 0.3 is 0 Å². The highest BCUT2D eigenvalue weighted by atomic mass is 19.3. The number of likely N-dealkylation sites (tertiary alicyclic amines) is 1. The molecule has 0 aromatic rings. The quantitative estimate of drug-likeness (QED) is 0.692. The Bertz CT molecular complexity index is 253. The maximum atomic E-state index is 12.5. The Morgan fingerprint density at radius 3 is 2.56 bits per heavy atom. The van der Waals surface area contributed by atoms with E-state index >= 15 is 0 Å². The third-order valence-corrected chi connectivity index (χ3v) is 2.88. The number of rotatable bonds is 6. The van der Waals surface area contributed by atoms with E-state index in [2.05, 4.69) is 0 Å². The Labute approximate surface area is 93.4 Å². The largest absolute Gasteiger partial charge is 0.392 e. The highest BCUT2D eigenvalue weighted by molar-refractivity contribution is 5.74. The van der Waals surface area contributed by atoms with Gasteiger partial charge < -0.3 is 10.8 Å². The average Bonchev–Trinajstić information content (AvgIpc) is 2.09. The Hall–Kier alpha value is -0.750. The van der Waals surface area contributed by atoms with Crippen LogP contribution in [0.5, 0.6) is 0 Å². The van der Waals surface area contributed by atoms with Gasteiger partial charge in [0.2, 0.25) is 5.91 Å². The van der Waals surface area contributed by atoms with Gasteiger partial charge in [0, 0.05) is 0 Å². The normalized spacial score (nSPS) is 23.5. The number of carbonyl (C=O) groups excluding carboxylic acids is 1. The van der Waals surface area contributed by atoms with E-state index in [1.807, 2.05) is 0 Å². The lowest BCUT2D eigenvalue weighted by atomic mass is 9.97. The van der Waals surface area contributed by atoms with Gasteiger partial charge in [-0.15, -0.1) is 0 Å². The van der Waals surface area contributed by atoms with Crippen molar-refractivity contribution >= 4 is 5.91 Å². The number of amides is 1. The molecule has 3 N–H and O–H groups in total. The van der Waals surface area contributed by atoms with Gasteiger partial charge in [0.1, 0.15) is 0 Å². The molecule has 0 radical (unpaired) electrons. The summed E-state index contributed by atoms with van der Waals surface area (Å²) in [6.45, 7) is 1.90. The molecule has 0 unspecified atom stereocenters. The minimum atomic E-state index is -2.55. The van der Waals surface area contributed by atoms with Crippen molar-refractivity contribution in [3.8, 4) is 0 Å². The molecule has 2 atom stereocenters. The fraction of sp³-hybridized carbons (Fsp3) is 0.900. The van der Waals surface area contributed by atoms with Gasteiger partial charge in [-0.3, -0.25) is 9.69 Å². The molecular weight excluding hydrogens is 218 g/mol. The van der Waals surface area contributed by atoms with Gasteiger partial charge in [0.05, 0.1) is 25.6 Å². The van der Waals surface area contributed by atoms with E-state index in [0.717, 1.165) is 0 Å². The number of aliphatic hydroxyl groups is 1. The van der Waals surface area contributed by atoms with Crippen LogP contribution in [0.1, 0.15) is 19.8 Å². The summed E-state index contributed by atoms with van der Waals surface area (Å²) in [5.41, 5.74) is 4.95. The molecule has 0 aromatic heterocycles. The van der Waals surface area contributed by atoms with Gasteiger partial charge in [0.15, 0.2) is 0 Å². The van der Waals surface area contributed by atoms with Crippen molar-refractivity contribution in [1.29, 1.82) is 0 Å². The van der Waals surface area contributed by atoms with E-state index in [1.165, 1.54) is 0 Å². The SMILES string of the molecule is C[C@H](CCN1CC(F)(F)C1)[C@@H](O)CC(N)=O. The topological polar surface area (TPSA) is 66.6 Å². The van der Waals surface area contributed by atoms with E-state index in [0.29, 0.717) is 13.0 Å². The number of primary amides is 1. The monoisotopic (exact) mass is 236 g/mol. The first kappa shape index (κ1) is 13.3. The molecule has 0 aliphatic carbocycles. The van der Waals surface area contributed by atoms with Crippen molar-refractivity contribution in [3.63, 3.8) is 0 Å². The van der Waals surface area contributed by atoms with Crippen LogP contribution in [0.4, 0.5) is 8.78 Å². The predicted octanol–water partition coefficient (Wildman–Crippen LogP) is 0.200. The average molecular weight is 236 g/mol. The van der Waals surface area contributed by atoms with Gasteiger partial charge in [-0.25, -0.2) is 8.78 Å². The highest BCUT2D eigenvalue weighted by Crippen LogP contribution is 2.27. The molecule has 1 heterocycles. The molecule has 1 aliphatic rings. The summed E-state index contributed by atoms with van der Waals surface area (Å²) in [6.07, 6.45) is -0.263. The summed E-state index contributed by atoms with van der Waals surface area (Å²) in [5, 5.41) is 9.53. The van der Waals surface area contributed by atoms with Crippen molar-refractivity contribution in [3.05, 3.63) is 0 Å². The number of alkyl halides is 2. The molecule has 16 heavy (non-hydrogen) atoms. The molecule has 1 rings (SSSR count). The number of nitrogens with zero attached hydrogens (tertiary/aromatic N) is 1. The number of carbonyl (C=O) groups is 1. The second-order valence-corrected chi connectivity index (χ2v) is 4.57. The summed E-state index contributed by atoms with van der Waals surface area (Å²) in [5.74, 6) is -3.20. The fourth-order valence-electron chi connectivity index (χ4n) is 1.75. The van der Waals surface area contributed by atoms with Crippen molar-refractivity contribution < 1.29 is 18.7 Å². The van der Waals surface area contributed by atoms with Crippen molar-refractivity contribution in [2.24, 2.45) is 11.7 Å². The third kappa shape index (κ3) is 4.02. The fourth-order valence-corrected chi connectivity index (χ4v) is 1.75. The lowest BCUT2D eigenvalue weighted by Gasteiger charge is -2.39. The van der Waals surface area contributed by atoms with Crippen molar-refractivity contribution in [2.45, 2.75) is 31.8 Å². The molecular formula is C10H18F2N2O2. The van der Waals surface area contributed by atoms with Crippen LogP contribution in [0.25, 0.3) is 0 Å². The zero-order valence-corrected chi connectivity index (χ0v) is 9.33. The molecule has 0 aromatic carbocycles. The molecule has 1 aliphatic heterocycles. The lowest BCUT2D eigenvalue weighted by molar-refractivity contribution is -0.132. The zero-order chi connectivity index (χ0) is 12.3. The van der Waals surface area contributed by atoms with Gasteiger partial charge in [0.25, 0.3) is 5.92 Å². The summed E-state index contributed by atoms with van der Waals surface area (Å²) in [6, 6.07) is 0. The van der Waals surface area contributed by atoms with E-state index in [1.54, 1.807) is 11.8 Å². The minimum Gasteiger partial charge on any atom is -0.392 e. The van der Waals surface area contributed by atoms with Crippen LogP contribution in [-0.4, -0.2) is 47.6 Å². The maximum Gasteiger partial charge on any atom is 0.272 e. The highest BCUT2D eigenvalue weighted by Gasteiger charge is 2.43. The van der Waals surface area contributed by atoms with E-state index in [9.17, 15) is 18.7 Å². The Balaban J connectivity index is 2.15. The van der Waals surface area contributed by atoms with E-state index in [4.69, 9.17) is 5.73 Å². The van der Waals surface area contributed by atoms with Crippen LogP contribution < -0.4 is 5.73 Å². The molecule has 1 fully saturated rings. The number of hydrogen-bond donors (Lipinski definition) is 2.